The van der Waals surface area contributed by atoms with Gasteiger partial charge in [-0.15, -0.1) is 0 Å². The predicted molar refractivity (Wildman–Crippen MR) is 120 cm³/mol. The van der Waals surface area contributed by atoms with E-state index in [4.69, 9.17) is 21.1 Å². The standard InChI is InChI=1S/C23H20ClN3O4/c1-30-20-12-10-19(11-13-20)26-22(28)15-31-21-5-3-2-4-17(21)14-25-27-23(29)16-6-8-18(24)9-7-16/h2-14H,15H2,1H3,(H,26,28)(H,27,29)/b25-14+. The summed E-state index contributed by atoms with van der Waals surface area (Å²) in [4.78, 5) is 24.3. The van der Waals surface area contributed by atoms with Gasteiger partial charge in [0.1, 0.15) is 11.5 Å². The van der Waals surface area contributed by atoms with Crippen molar-refractivity contribution < 1.29 is 19.1 Å². The Bertz CT molecular complexity index is 1070. The second kappa shape index (κ2) is 10.8. The number of methoxy groups -OCH3 is 1. The van der Waals surface area contributed by atoms with Gasteiger partial charge in [0.25, 0.3) is 11.8 Å². The Morgan fingerprint density at radius 2 is 1.71 bits per heavy atom. The van der Waals surface area contributed by atoms with Gasteiger partial charge in [0.05, 0.1) is 13.3 Å². The van der Waals surface area contributed by atoms with Crippen molar-refractivity contribution in [3.05, 3.63) is 88.9 Å². The average molecular weight is 438 g/mol. The van der Waals surface area contributed by atoms with Crippen LogP contribution in [-0.2, 0) is 4.79 Å². The molecule has 0 aromatic heterocycles. The zero-order valence-electron chi connectivity index (χ0n) is 16.7. The fourth-order valence-electron chi connectivity index (χ4n) is 2.56. The van der Waals surface area contributed by atoms with Gasteiger partial charge in [-0.3, -0.25) is 9.59 Å². The molecule has 0 atom stereocenters. The van der Waals surface area contributed by atoms with Gasteiger partial charge in [0, 0.05) is 21.8 Å². The zero-order valence-corrected chi connectivity index (χ0v) is 17.4. The van der Waals surface area contributed by atoms with Crippen LogP contribution in [0.1, 0.15) is 15.9 Å². The summed E-state index contributed by atoms with van der Waals surface area (Å²) in [6.07, 6.45) is 1.45. The topological polar surface area (TPSA) is 89.0 Å². The fraction of sp³-hybridized carbons (Fsp3) is 0.0870. The third-order valence-electron chi connectivity index (χ3n) is 4.13. The Hall–Kier alpha value is -3.84. The number of hydrazone groups is 1. The summed E-state index contributed by atoms with van der Waals surface area (Å²) < 4.78 is 10.7. The van der Waals surface area contributed by atoms with Gasteiger partial charge in [-0.25, -0.2) is 5.43 Å². The summed E-state index contributed by atoms with van der Waals surface area (Å²) in [6.45, 7) is -0.186. The van der Waals surface area contributed by atoms with Crippen molar-refractivity contribution in [3.63, 3.8) is 0 Å². The molecular weight excluding hydrogens is 418 g/mol. The Balaban J connectivity index is 1.55. The van der Waals surface area contributed by atoms with Gasteiger partial charge in [0.2, 0.25) is 0 Å². The maximum absolute atomic E-state index is 12.2. The maximum Gasteiger partial charge on any atom is 0.271 e. The molecule has 2 amide bonds. The van der Waals surface area contributed by atoms with Gasteiger partial charge in [-0.05, 0) is 60.7 Å². The number of nitrogens with one attached hydrogen (secondary N) is 2. The highest BCUT2D eigenvalue weighted by molar-refractivity contribution is 6.30. The van der Waals surface area contributed by atoms with Crippen molar-refractivity contribution in [2.75, 3.05) is 19.0 Å². The first-order chi connectivity index (χ1) is 15.0. The SMILES string of the molecule is COc1ccc(NC(=O)COc2ccccc2/C=N/NC(=O)c2ccc(Cl)cc2)cc1. The van der Waals surface area contributed by atoms with Gasteiger partial charge >= 0.3 is 0 Å². The number of amides is 2. The first-order valence-electron chi connectivity index (χ1n) is 9.30. The molecule has 158 valence electrons. The smallest absolute Gasteiger partial charge is 0.271 e. The molecule has 0 aliphatic carbocycles. The Morgan fingerprint density at radius 1 is 1.00 bits per heavy atom. The number of rotatable bonds is 8. The molecule has 0 aliphatic heterocycles. The number of carbonyl (C=O) groups excluding carboxylic acids is 2. The Morgan fingerprint density at radius 3 is 2.42 bits per heavy atom. The van der Waals surface area contributed by atoms with Gasteiger partial charge < -0.3 is 14.8 Å². The highest BCUT2D eigenvalue weighted by atomic mass is 35.5. The van der Waals surface area contributed by atoms with E-state index in [1.807, 2.05) is 0 Å². The number of hydrogen-bond acceptors (Lipinski definition) is 5. The summed E-state index contributed by atoms with van der Waals surface area (Å²) in [5, 5.41) is 7.25. The molecule has 0 radical (unpaired) electrons. The third-order valence-corrected chi connectivity index (χ3v) is 4.38. The van der Waals surface area contributed by atoms with Crippen molar-refractivity contribution in [3.8, 4) is 11.5 Å². The van der Waals surface area contributed by atoms with Crippen LogP contribution in [0.15, 0.2) is 77.9 Å². The largest absolute Gasteiger partial charge is 0.497 e. The highest BCUT2D eigenvalue weighted by Gasteiger charge is 2.07. The predicted octanol–water partition coefficient (Wildman–Crippen LogP) is 4.13. The van der Waals surface area contributed by atoms with E-state index in [-0.39, 0.29) is 18.4 Å². The molecule has 3 aromatic carbocycles. The van der Waals surface area contributed by atoms with Crippen LogP contribution in [0, 0.1) is 0 Å². The van der Waals surface area contributed by atoms with Gasteiger partial charge in [0.15, 0.2) is 6.61 Å². The number of halogens is 1. The Kier molecular flexibility index (Phi) is 7.61. The molecule has 2 N–H and O–H groups in total. The molecule has 0 bridgehead atoms. The van der Waals surface area contributed by atoms with Crippen LogP contribution in [0.25, 0.3) is 0 Å². The molecule has 7 nitrogen and oxygen atoms in total. The molecule has 0 heterocycles. The molecule has 0 aliphatic rings. The second-order valence-electron chi connectivity index (χ2n) is 6.31. The molecular formula is C23H20ClN3O4. The van der Waals surface area contributed by atoms with E-state index in [1.165, 1.54) is 6.21 Å². The highest BCUT2D eigenvalue weighted by Crippen LogP contribution is 2.17. The van der Waals surface area contributed by atoms with Crippen molar-refractivity contribution in [1.82, 2.24) is 5.43 Å². The summed E-state index contributed by atoms with van der Waals surface area (Å²) in [6, 6.07) is 20.5. The lowest BCUT2D eigenvalue weighted by Gasteiger charge is -2.10. The summed E-state index contributed by atoms with van der Waals surface area (Å²) >= 11 is 5.82. The van der Waals surface area contributed by atoms with Crippen LogP contribution in [0.5, 0.6) is 11.5 Å². The van der Waals surface area contributed by atoms with E-state index >= 15 is 0 Å². The molecule has 0 spiro atoms. The molecule has 0 saturated carbocycles. The van der Waals surface area contributed by atoms with E-state index < -0.39 is 0 Å². The van der Waals surface area contributed by atoms with Gasteiger partial charge in [-0.1, -0.05) is 23.7 Å². The van der Waals surface area contributed by atoms with Crippen LogP contribution >= 0.6 is 11.6 Å². The summed E-state index contributed by atoms with van der Waals surface area (Å²) in [5.74, 6) is 0.473. The minimum absolute atomic E-state index is 0.186. The Labute approximate surface area is 184 Å². The number of anilines is 1. The van der Waals surface area contributed by atoms with Crippen LogP contribution in [-0.4, -0.2) is 31.7 Å². The van der Waals surface area contributed by atoms with E-state index in [1.54, 1.807) is 79.9 Å². The first kappa shape index (κ1) is 21.9. The monoisotopic (exact) mass is 437 g/mol. The molecule has 3 aromatic rings. The van der Waals surface area contributed by atoms with Crippen molar-refractivity contribution in [1.29, 1.82) is 0 Å². The number of carbonyl (C=O) groups is 2. The quantitative estimate of drug-likeness (QED) is 0.409. The number of benzene rings is 3. The summed E-state index contributed by atoms with van der Waals surface area (Å²) in [5.41, 5.74) is 4.12. The van der Waals surface area contributed by atoms with Crippen molar-refractivity contribution in [2.24, 2.45) is 5.10 Å². The van der Waals surface area contributed by atoms with Gasteiger partial charge in [-0.2, -0.15) is 5.10 Å². The fourth-order valence-corrected chi connectivity index (χ4v) is 2.69. The number of ether oxygens (including phenoxy) is 2. The van der Waals surface area contributed by atoms with E-state index in [0.29, 0.717) is 33.3 Å². The van der Waals surface area contributed by atoms with Crippen LogP contribution in [0.3, 0.4) is 0 Å². The van der Waals surface area contributed by atoms with Crippen LogP contribution in [0.4, 0.5) is 5.69 Å². The van der Waals surface area contributed by atoms with Crippen molar-refractivity contribution in [2.45, 2.75) is 0 Å². The lowest BCUT2D eigenvalue weighted by Crippen LogP contribution is -2.20. The minimum atomic E-state index is -0.370. The first-order valence-corrected chi connectivity index (χ1v) is 9.67. The van der Waals surface area contributed by atoms with Crippen LogP contribution in [0.2, 0.25) is 5.02 Å². The molecule has 0 fully saturated rings. The van der Waals surface area contributed by atoms with E-state index in [9.17, 15) is 9.59 Å². The molecule has 0 saturated heterocycles. The minimum Gasteiger partial charge on any atom is -0.497 e. The molecule has 31 heavy (non-hydrogen) atoms. The van der Waals surface area contributed by atoms with Crippen molar-refractivity contribution >= 4 is 35.3 Å². The number of hydrogen-bond donors (Lipinski definition) is 2. The van der Waals surface area contributed by atoms with Crippen LogP contribution < -0.4 is 20.2 Å². The lowest BCUT2D eigenvalue weighted by molar-refractivity contribution is -0.118. The summed E-state index contributed by atoms with van der Waals surface area (Å²) in [7, 11) is 1.57. The molecule has 3 rings (SSSR count). The molecule has 0 unspecified atom stereocenters. The lowest BCUT2D eigenvalue weighted by atomic mass is 10.2. The number of nitrogens with zero attached hydrogens (tertiary/aromatic N) is 1. The van der Waals surface area contributed by atoms with E-state index in [2.05, 4.69) is 15.8 Å². The molecule has 8 heteroatoms. The number of para-hydroxylation sites is 1. The second-order valence-corrected chi connectivity index (χ2v) is 6.75. The normalized spacial score (nSPS) is 10.5. The van der Waals surface area contributed by atoms with E-state index in [0.717, 1.165) is 0 Å². The third kappa shape index (κ3) is 6.58. The average Bonchev–Trinajstić information content (AvgIpc) is 2.79. The maximum atomic E-state index is 12.2. The zero-order chi connectivity index (χ0) is 22.1.